The summed E-state index contributed by atoms with van der Waals surface area (Å²) in [6.07, 6.45) is 0.110. The zero-order chi connectivity index (χ0) is 15.4. The van der Waals surface area contributed by atoms with Gasteiger partial charge in [-0.15, -0.1) is 0 Å². The Morgan fingerprint density at radius 2 is 1.76 bits per heavy atom. The summed E-state index contributed by atoms with van der Waals surface area (Å²) in [6.45, 7) is 3.91. The Balaban J connectivity index is 2.08. The molecule has 0 aliphatic heterocycles. The van der Waals surface area contributed by atoms with E-state index in [1.54, 1.807) is 36.4 Å². The molecule has 0 spiro atoms. The van der Waals surface area contributed by atoms with Crippen molar-refractivity contribution < 1.29 is 9.53 Å². The fourth-order valence-electron chi connectivity index (χ4n) is 1.76. The summed E-state index contributed by atoms with van der Waals surface area (Å²) in [5.74, 6) is 0.474. The van der Waals surface area contributed by atoms with E-state index >= 15 is 0 Å². The number of ether oxygens (including phenoxy) is 1. The molecule has 2 aromatic rings. The molecular formula is C16H15Cl2NO2. The number of anilines is 1. The zero-order valence-electron chi connectivity index (χ0n) is 11.7. The summed E-state index contributed by atoms with van der Waals surface area (Å²) >= 11 is 11.8. The molecule has 0 fully saturated rings. The van der Waals surface area contributed by atoms with Gasteiger partial charge in [0.25, 0.3) is 5.91 Å². The SMILES string of the molecule is CC(C)Oc1ccc(NC(=O)c2ccc(Cl)cc2Cl)cc1. The van der Waals surface area contributed by atoms with Gasteiger partial charge in [-0.05, 0) is 56.3 Å². The lowest BCUT2D eigenvalue weighted by atomic mass is 10.2. The van der Waals surface area contributed by atoms with Crippen molar-refractivity contribution in [1.29, 1.82) is 0 Å². The van der Waals surface area contributed by atoms with E-state index in [-0.39, 0.29) is 12.0 Å². The van der Waals surface area contributed by atoms with Gasteiger partial charge in [-0.3, -0.25) is 4.79 Å². The summed E-state index contributed by atoms with van der Waals surface area (Å²) < 4.78 is 5.54. The Kier molecular flexibility index (Phi) is 5.10. The molecule has 5 heteroatoms. The summed E-state index contributed by atoms with van der Waals surface area (Å²) in [5, 5.41) is 3.59. The molecule has 0 unspecified atom stereocenters. The van der Waals surface area contributed by atoms with Gasteiger partial charge < -0.3 is 10.1 Å². The third-order valence-electron chi connectivity index (χ3n) is 2.66. The van der Waals surface area contributed by atoms with Crippen LogP contribution < -0.4 is 10.1 Å². The predicted octanol–water partition coefficient (Wildman–Crippen LogP) is 5.03. The molecule has 0 aromatic heterocycles. The first kappa shape index (κ1) is 15.7. The monoisotopic (exact) mass is 323 g/mol. The maximum absolute atomic E-state index is 12.1. The highest BCUT2D eigenvalue weighted by Gasteiger charge is 2.11. The molecule has 2 rings (SSSR count). The second kappa shape index (κ2) is 6.83. The molecule has 0 saturated heterocycles. The third-order valence-corrected chi connectivity index (χ3v) is 3.21. The van der Waals surface area contributed by atoms with Crippen LogP contribution in [0.2, 0.25) is 10.0 Å². The van der Waals surface area contributed by atoms with E-state index < -0.39 is 0 Å². The van der Waals surface area contributed by atoms with Crippen molar-refractivity contribution in [2.24, 2.45) is 0 Å². The zero-order valence-corrected chi connectivity index (χ0v) is 13.2. The van der Waals surface area contributed by atoms with Gasteiger partial charge in [0, 0.05) is 10.7 Å². The first-order valence-corrected chi connectivity index (χ1v) is 7.24. The molecule has 0 heterocycles. The van der Waals surface area contributed by atoms with Crippen LogP contribution in [0.3, 0.4) is 0 Å². The van der Waals surface area contributed by atoms with Gasteiger partial charge in [0.15, 0.2) is 0 Å². The Bertz CT molecular complexity index is 639. The van der Waals surface area contributed by atoms with Crippen molar-refractivity contribution in [2.75, 3.05) is 5.32 Å². The molecule has 1 amide bonds. The lowest BCUT2D eigenvalue weighted by Gasteiger charge is -2.11. The van der Waals surface area contributed by atoms with E-state index in [0.717, 1.165) is 5.75 Å². The van der Waals surface area contributed by atoms with Crippen LogP contribution in [0.4, 0.5) is 5.69 Å². The molecule has 0 radical (unpaired) electrons. The lowest BCUT2D eigenvalue weighted by Crippen LogP contribution is -2.12. The van der Waals surface area contributed by atoms with E-state index in [2.05, 4.69) is 5.32 Å². The molecule has 21 heavy (non-hydrogen) atoms. The maximum atomic E-state index is 12.1. The first-order valence-electron chi connectivity index (χ1n) is 6.49. The number of nitrogens with one attached hydrogen (secondary N) is 1. The number of hydrogen-bond donors (Lipinski definition) is 1. The Labute approximate surface area is 133 Å². The van der Waals surface area contributed by atoms with Crippen molar-refractivity contribution >= 4 is 34.8 Å². The quantitative estimate of drug-likeness (QED) is 0.856. The van der Waals surface area contributed by atoms with Crippen molar-refractivity contribution in [3.8, 4) is 5.75 Å². The number of carbonyl (C=O) groups is 1. The van der Waals surface area contributed by atoms with Crippen molar-refractivity contribution in [2.45, 2.75) is 20.0 Å². The minimum Gasteiger partial charge on any atom is -0.491 e. The van der Waals surface area contributed by atoms with Crippen molar-refractivity contribution in [3.05, 3.63) is 58.1 Å². The molecule has 0 atom stereocenters. The maximum Gasteiger partial charge on any atom is 0.257 e. The Hall–Kier alpha value is -1.71. The predicted molar refractivity (Wildman–Crippen MR) is 86.6 cm³/mol. The Morgan fingerprint density at radius 1 is 1.10 bits per heavy atom. The minimum absolute atomic E-state index is 0.110. The molecule has 0 aliphatic carbocycles. The summed E-state index contributed by atoms with van der Waals surface area (Å²) in [6, 6.07) is 11.9. The van der Waals surface area contributed by atoms with Crippen LogP contribution in [-0.2, 0) is 0 Å². The second-order valence-corrected chi connectivity index (χ2v) is 5.61. The number of rotatable bonds is 4. The van der Waals surface area contributed by atoms with Crippen molar-refractivity contribution in [1.82, 2.24) is 0 Å². The largest absolute Gasteiger partial charge is 0.491 e. The highest BCUT2D eigenvalue weighted by molar-refractivity contribution is 6.37. The molecule has 1 N–H and O–H groups in total. The van der Waals surface area contributed by atoms with Gasteiger partial charge in [-0.2, -0.15) is 0 Å². The summed E-state index contributed by atoms with van der Waals surface area (Å²) in [4.78, 5) is 12.1. The summed E-state index contributed by atoms with van der Waals surface area (Å²) in [5.41, 5.74) is 1.05. The van der Waals surface area contributed by atoms with Crippen LogP contribution in [0.1, 0.15) is 24.2 Å². The molecule has 3 nitrogen and oxygen atoms in total. The van der Waals surface area contributed by atoms with Crippen LogP contribution in [0.25, 0.3) is 0 Å². The van der Waals surface area contributed by atoms with E-state index in [1.165, 1.54) is 6.07 Å². The van der Waals surface area contributed by atoms with Crippen LogP contribution in [-0.4, -0.2) is 12.0 Å². The van der Waals surface area contributed by atoms with Crippen molar-refractivity contribution in [3.63, 3.8) is 0 Å². The van der Waals surface area contributed by atoms with Gasteiger partial charge in [-0.1, -0.05) is 23.2 Å². The van der Waals surface area contributed by atoms with Gasteiger partial charge >= 0.3 is 0 Å². The van der Waals surface area contributed by atoms with Gasteiger partial charge in [-0.25, -0.2) is 0 Å². The molecule has 0 aliphatic rings. The fourth-order valence-corrected chi connectivity index (χ4v) is 2.26. The smallest absolute Gasteiger partial charge is 0.257 e. The Morgan fingerprint density at radius 3 is 2.33 bits per heavy atom. The first-order chi connectivity index (χ1) is 9.95. The molecule has 110 valence electrons. The minimum atomic E-state index is -0.283. The van der Waals surface area contributed by atoms with Crippen LogP contribution in [0.15, 0.2) is 42.5 Å². The second-order valence-electron chi connectivity index (χ2n) is 4.77. The molecular weight excluding hydrogens is 309 g/mol. The van der Waals surface area contributed by atoms with Crippen LogP contribution in [0.5, 0.6) is 5.75 Å². The van der Waals surface area contributed by atoms with Gasteiger partial charge in [0.2, 0.25) is 0 Å². The van der Waals surface area contributed by atoms with Gasteiger partial charge in [0.05, 0.1) is 16.7 Å². The molecule has 0 saturated carbocycles. The average molecular weight is 324 g/mol. The highest BCUT2D eigenvalue weighted by Crippen LogP contribution is 2.23. The van der Waals surface area contributed by atoms with Crippen LogP contribution >= 0.6 is 23.2 Å². The van der Waals surface area contributed by atoms with E-state index in [9.17, 15) is 4.79 Å². The normalized spacial score (nSPS) is 10.5. The number of benzene rings is 2. The molecule has 0 bridgehead atoms. The van der Waals surface area contributed by atoms with Crippen LogP contribution in [0, 0.1) is 0 Å². The standard InChI is InChI=1S/C16H15Cl2NO2/c1-10(2)21-13-6-4-12(5-7-13)19-16(20)14-8-3-11(17)9-15(14)18/h3-10H,1-2H3,(H,19,20). The third kappa shape index (κ3) is 4.38. The van der Waals surface area contributed by atoms with E-state index in [1.807, 2.05) is 13.8 Å². The average Bonchev–Trinajstić information content (AvgIpc) is 2.40. The number of carbonyl (C=O) groups excluding carboxylic acids is 1. The van der Waals surface area contributed by atoms with E-state index in [0.29, 0.717) is 21.3 Å². The number of hydrogen-bond acceptors (Lipinski definition) is 2. The number of amides is 1. The highest BCUT2D eigenvalue weighted by atomic mass is 35.5. The van der Waals surface area contributed by atoms with E-state index in [4.69, 9.17) is 27.9 Å². The summed E-state index contributed by atoms with van der Waals surface area (Å²) in [7, 11) is 0. The topological polar surface area (TPSA) is 38.3 Å². The molecule has 2 aromatic carbocycles. The van der Waals surface area contributed by atoms with Gasteiger partial charge in [0.1, 0.15) is 5.75 Å². The fraction of sp³-hybridized carbons (Fsp3) is 0.188. The number of halogens is 2. The lowest BCUT2D eigenvalue weighted by molar-refractivity contribution is 0.102.